The Morgan fingerprint density at radius 1 is 1.47 bits per heavy atom. The van der Waals surface area contributed by atoms with E-state index in [-0.39, 0.29) is 5.92 Å². The first-order valence-electron chi connectivity index (χ1n) is 5.69. The van der Waals surface area contributed by atoms with Gasteiger partial charge in [-0.25, -0.2) is 0 Å². The molecular weight excluding hydrogens is 282 g/mol. The van der Waals surface area contributed by atoms with E-state index in [0.717, 1.165) is 40.3 Å². The Bertz CT molecular complexity index is 603. The van der Waals surface area contributed by atoms with Crippen LogP contribution in [-0.4, -0.2) is 16.1 Å². The lowest BCUT2D eigenvalue weighted by atomic mass is 9.87. The van der Waals surface area contributed by atoms with Gasteiger partial charge in [-0.1, -0.05) is 22.0 Å². The van der Waals surface area contributed by atoms with Crippen LogP contribution >= 0.6 is 15.9 Å². The number of carboxylic acids is 1. The highest BCUT2D eigenvalue weighted by molar-refractivity contribution is 9.10. The fraction of sp³-hybridized carbons (Fsp3) is 0.308. The monoisotopic (exact) mass is 293 g/mol. The number of aliphatic carboxylic acids is 1. The molecule has 0 saturated carbocycles. The van der Waals surface area contributed by atoms with E-state index >= 15 is 0 Å². The molecule has 0 radical (unpaired) electrons. The van der Waals surface area contributed by atoms with Gasteiger partial charge in [0.25, 0.3) is 0 Å². The average molecular weight is 294 g/mol. The molecule has 2 N–H and O–H groups in total. The highest BCUT2D eigenvalue weighted by Crippen LogP contribution is 2.36. The molecule has 4 heteroatoms. The Balaban J connectivity index is 2.24. The Morgan fingerprint density at radius 3 is 3.06 bits per heavy atom. The number of aromatic nitrogens is 1. The van der Waals surface area contributed by atoms with Gasteiger partial charge in [0, 0.05) is 21.1 Å². The van der Waals surface area contributed by atoms with Crippen LogP contribution in [0.5, 0.6) is 0 Å². The van der Waals surface area contributed by atoms with E-state index in [2.05, 4.69) is 27.0 Å². The lowest BCUT2D eigenvalue weighted by Crippen LogP contribution is -2.17. The summed E-state index contributed by atoms with van der Waals surface area (Å²) in [5.74, 6) is -1.10. The predicted octanol–water partition coefficient (Wildman–Crippen LogP) is 3.43. The minimum Gasteiger partial charge on any atom is -0.481 e. The zero-order valence-corrected chi connectivity index (χ0v) is 10.8. The third-order valence-electron chi connectivity index (χ3n) is 3.47. The summed E-state index contributed by atoms with van der Waals surface area (Å²) in [4.78, 5) is 14.5. The van der Waals surface area contributed by atoms with Crippen LogP contribution in [0, 0.1) is 0 Å². The van der Waals surface area contributed by atoms with Crippen molar-refractivity contribution in [3.63, 3.8) is 0 Å². The second-order valence-electron chi connectivity index (χ2n) is 4.49. The van der Waals surface area contributed by atoms with Crippen molar-refractivity contribution < 1.29 is 9.90 Å². The highest BCUT2D eigenvalue weighted by Gasteiger charge is 2.29. The quantitative estimate of drug-likeness (QED) is 0.846. The summed E-state index contributed by atoms with van der Waals surface area (Å²) in [5, 5.41) is 10.4. The van der Waals surface area contributed by atoms with Crippen molar-refractivity contribution in [2.24, 2.45) is 0 Å². The fourth-order valence-electron chi connectivity index (χ4n) is 2.69. The van der Waals surface area contributed by atoms with Crippen molar-refractivity contribution >= 4 is 32.8 Å². The van der Waals surface area contributed by atoms with Gasteiger partial charge in [-0.15, -0.1) is 0 Å². The molecular formula is C13H12BrNO2. The molecule has 0 amide bonds. The number of aromatic amines is 1. The molecule has 2 aromatic rings. The second kappa shape index (κ2) is 3.88. The molecule has 0 bridgehead atoms. The van der Waals surface area contributed by atoms with Gasteiger partial charge in [0.2, 0.25) is 0 Å². The van der Waals surface area contributed by atoms with Gasteiger partial charge < -0.3 is 10.1 Å². The maximum atomic E-state index is 11.2. The topological polar surface area (TPSA) is 53.1 Å². The standard InChI is InChI=1S/C13H12BrNO2/c14-7-4-5-8-9-2-1-3-10(13(16)17)12(9)15-11(8)6-7/h4-6,10,15H,1-3H2,(H,16,17). The Morgan fingerprint density at radius 2 is 2.29 bits per heavy atom. The van der Waals surface area contributed by atoms with Crippen molar-refractivity contribution in [2.45, 2.75) is 25.2 Å². The number of benzene rings is 1. The summed E-state index contributed by atoms with van der Waals surface area (Å²) >= 11 is 3.43. The number of H-pyrrole nitrogens is 1. The summed E-state index contributed by atoms with van der Waals surface area (Å²) in [7, 11) is 0. The van der Waals surface area contributed by atoms with Gasteiger partial charge in [0.1, 0.15) is 0 Å². The molecule has 1 atom stereocenters. The van der Waals surface area contributed by atoms with Crippen molar-refractivity contribution in [3.05, 3.63) is 33.9 Å². The summed E-state index contributed by atoms with van der Waals surface area (Å²) in [5.41, 5.74) is 3.11. The van der Waals surface area contributed by atoms with Crippen LogP contribution in [0.15, 0.2) is 22.7 Å². The first-order valence-corrected chi connectivity index (χ1v) is 6.49. The van der Waals surface area contributed by atoms with Crippen LogP contribution < -0.4 is 0 Å². The van der Waals surface area contributed by atoms with Gasteiger partial charge >= 0.3 is 5.97 Å². The molecule has 1 heterocycles. The maximum Gasteiger partial charge on any atom is 0.312 e. The molecule has 1 aliphatic rings. The zero-order valence-electron chi connectivity index (χ0n) is 9.16. The highest BCUT2D eigenvalue weighted by atomic mass is 79.9. The summed E-state index contributed by atoms with van der Waals surface area (Å²) in [6.07, 6.45) is 2.66. The van der Waals surface area contributed by atoms with Crippen molar-refractivity contribution in [3.8, 4) is 0 Å². The van der Waals surface area contributed by atoms with Gasteiger partial charge in [-0.05, 0) is 37.0 Å². The average Bonchev–Trinajstić information content (AvgIpc) is 2.65. The van der Waals surface area contributed by atoms with Crippen LogP contribution in [0.25, 0.3) is 10.9 Å². The lowest BCUT2D eigenvalue weighted by molar-refractivity contribution is -0.139. The number of fused-ring (bicyclic) bond motifs is 3. The van der Waals surface area contributed by atoms with E-state index in [0.29, 0.717) is 0 Å². The molecule has 0 fully saturated rings. The number of nitrogens with one attached hydrogen (secondary N) is 1. The molecule has 17 heavy (non-hydrogen) atoms. The van der Waals surface area contributed by atoms with E-state index < -0.39 is 5.97 Å². The molecule has 0 saturated heterocycles. The van der Waals surface area contributed by atoms with Gasteiger partial charge in [0.15, 0.2) is 0 Å². The molecule has 88 valence electrons. The van der Waals surface area contributed by atoms with Crippen molar-refractivity contribution in [2.75, 3.05) is 0 Å². The Kier molecular flexibility index (Phi) is 2.47. The van der Waals surface area contributed by atoms with Crippen molar-refractivity contribution in [1.82, 2.24) is 4.98 Å². The molecule has 0 aliphatic heterocycles. The smallest absolute Gasteiger partial charge is 0.312 e. The number of carbonyl (C=O) groups is 1. The second-order valence-corrected chi connectivity index (χ2v) is 5.41. The van der Waals surface area contributed by atoms with Crippen LogP contribution in [0.1, 0.15) is 30.0 Å². The summed E-state index contributed by atoms with van der Waals surface area (Å²) < 4.78 is 1.01. The minimum atomic E-state index is -0.725. The van der Waals surface area contributed by atoms with E-state index in [4.69, 9.17) is 0 Å². The number of rotatable bonds is 1. The number of carboxylic acid groups (broad SMARTS) is 1. The van der Waals surface area contributed by atoms with E-state index in [1.54, 1.807) is 0 Å². The van der Waals surface area contributed by atoms with Crippen molar-refractivity contribution in [1.29, 1.82) is 0 Å². The SMILES string of the molecule is O=C(O)C1CCCc2c1[nH]c1cc(Br)ccc21. The number of halogens is 1. The van der Waals surface area contributed by atoms with Crippen LogP contribution in [-0.2, 0) is 11.2 Å². The minimum absolute atomic E-state index is 0.370. The number of hydrogen-bond donors (Lipinski definition) is 2. The number of hydrogen-bond acceptors (Lipinski definition) is 1. The largest absolute Gasteiger partial charge is 0.481 e. The van der Waals surface area contributed by atoms with Gasteiger partial charge in [0.05, 0.1) is 5.92 Å². The molecule has 1 aromatic heterocycles. The van der Waals surface area contributed by atoms with Gasteiger partial charge in [-0.2, -0.15) is 0 Å². The first kappa shape index (κ1) is 10.8. The molecule has 0 spiro atoms. The summed E-state index contributed by atoms with van der Waals surface area (Å²) in [6.45, 7) is 0. The first-order chi connectivity index (χ1) is 8.16. The van der Waals surface area contributed by atoms with E-state index in [1.165, 1.54) is 5.56 Å². The van der Waals surface area contributed by atoms with Crippen LogP contribution in [0.3, 0.4) is 0 Å². The maximum absolute atomic E-state index is 11.2. The Hall–Kier alpha value is -1.29. The molecule has 3 rings (SSSR count). The van der Waals surface area contributed by atoms with E-state index in [9.17, 15) is 9.90 Å². The molecule has 3 nitrogen and oxygen atoms in total. The zero-order chi connectivity index (χ0) is 12.0. The summed E-state index contributed by atoms with van der Waals surface area (Å²) in [6, 6.07) is 6.06. The molecule has 1 unspecified atom stereocenters. The Labute approximate surface area is 107 Å². The molecule has 1 aliphatic carbocycles. The third-order valence-corrected chi connectivity index (χ3v) is 3.96. The van der Waals surface area contributed by atoms with Crippen LogP contribution in [0.4, 0.5) is 0 Å². The normalized spacial score (nSPS) is 19.2. The lowest BCUT2D eigenvalue weighted by Gasteiger charge is -2.18. The molecule has 1 aromatic carbocycles. The predicted molar refractivity (Wildman–Crippen MR) is 69.3 cm³/mol. The number of aryl methyl sites for hydroxylation is 1. The fourth-order valence-corrected chi connectivity index (χ4v) is 3.05. The van der Waals surface area contributed by atoms with Crippen LogP contribution in [0.2, 0.25) is 0 Å². The van der Waals surface area contributed by atoms with E-state index in [1.807, 2.05) is 12.1 Å². The van der Waals surface area contributed by atoms with Gasteiger partial charge in [-0.3, -0.25) is 4.79 Å². The third kappa shape index (κ3) is 1.67.